The third-order valence-electron chi connectivity index (χ3n) is 4.26. The summed E-state index contributed by atoms with van der Waals surface area (Å²) in [6.45, 7) is 0.230. The Morgan fingerprint density at radius 1 is 1.10 bits per heavy atom. The van der Waals surface area contributed by atoms with E-state index in [1.807, 2.05) is 11.6 Å². The smallest absolute Gasteiger partial charge is 0.251 e. The van der Waals surface area contributed by atoms with E-state index in [4.69, 9.17) is 9.47 Å². The van der Waals surface area contributed by atoms with Crippen LogP contribution in [0.4, 0.5) is 4.39 Å². The molecule has 7 nitrogen and oxygen atoms in total. The van der Waals surface area contributed by atoms with Gasteiger partial charge in [-0.25, -0.2) is 4.39 Å². The predicted molar refractivity (Wildman–Crippen MR) is 108 cm³/mol. The minimum atomic E-state index is -0.259. The summed E-state index contributed by atoms with van der Waals surface area (Å²) in [5.41, 5.74) is 1.44. The molecule has 3 rings (SSSR count). The van der Waals surface area contributed by atoms with Gasteiger partial charge in [-0.1, -0.05) is 23.9 Å². The van der Waals surface area contributed by atoms with Gasteiger partial charge in [-0.3, -0.25) is 4.79 Å². The molecule has 2 aromatic carbocycles. The van der Waals surface area contributed by atoms with Crippen LogP contribution in [-0.2, 0) is 19.3 Å². The van der Waals surface area contributed by atoms with Gasteiger partial charge in [0.1, 0.15) is 5.82 Å². The molecule has 1 N–H and O–H groups in total. The molecule has 1 amide bonds. The van der Waals surface area contributed by atoms with Crippen molar-refractivity contribution in [2.24, 2.45) is 7.05 Å². The van der Waals surface area contributed by atoms with Crippen LogP contribution in [0, 0.1) is 5.82 Å². The summed E-state index contributed by atoms with van der Waals surface area (Å²) in [4.78, 5) is 12.4. The fourth-order valence-corrected chi connectivity index (χ4v) is 3.48. The Bertz CT molecular complexity index is 992. The van der Waals surface area contributed by atoms with Crippen LogP contribution in [0.1, 0.15) is 21.7 Å². The molecule has 0 atom stereocenters. The van der Waals surface area contributed by atoms with E-state index in [2.05, 4.69) is 15.5 Å². The van der Waals surface area contributed by atoms with Crippen LogP contribution in [0.5, 0.6) is 11.5 Å². The summed E-state index contributed by atoms with van der Waals surface area (Å²) in [5, 5.41) is 11.8. The summed E-state index contributed by atoms with van der Waals surface area (Å²) in [6, 6.07) is 11.3. The van der Waals surface area contributed by atoms with Crippen molar-refractivity contribution in [3.8, 4) is 11.5 Å². The van der Waals surface area contributed by atoms with Crippen molar-refractivity contribution in [1.82, 2.24) is 20.1 Å². The minimum absolute atomic E-state index is 0.230. The average molecular weight is 416 g/mol. The molecule has 0 saturated heterocycles. The second kappa shape index (κ2) is 9.42. The molecule has 0 aliphatic heterocycles. The molecule has 0 aliphatic carbocycles. The number of aromatic nitrogens is 3. The first-order valence-electron chi connectivity index (χ1n) is 8.77. The lowest BCUT2D eigenvalue weighted by Crippen LogP contribution is -2.24. The zero-order chi connectivity index (χ0) is 20.8. The second-order valence-electron chi connectivity index (χ2n) is 6.13. The second-order valence-corrected chi connectivity index (χ2v) is 7.07. The molecular weight excluding hydrogens is 395 g/mol. The van der Waals surface area contributed by atoms with Crippen LogP contribution in [0.3, 0.4) is 0 Å². The molecule has 0 radical (unpaired) electrons. The molecule has 1 aromatic heterocycles. The topological polar surface area (TPSA) is 78.3 Å². The van der Waals surface area contributed by atoms with E-state index in [9.17, 15) is 9.18 Å². The molecule has 3 aromatic rings. The monoisotopic (exact) mass is 416 g/mol. The van der Waals surface area contributed by atoms with Crippen LogP contribution in [0.2, 0.25) is 0 Å². The highest BCUT2D eigenvalue weighted by Crippen LogP contribution is 2.27. The molecule has 0 saturated carbocycles. The van der Waals surface area contributed by atoms with Crippen molar-refractivity contribution < 1.29 is 18.7 Å². The fraction of sp³-hybridized carbons (Fsp3) is 0.250. The first kappa shape index (κ1) is 20.7. The Morgan fingerprint density at radius 2 is 1.83 bits per heavy atom. The third kappa shape index (κ3) is 5.05. The molecular formula is C20H21FN4O3S. The van der Waals surface area contributed by atoms with E-state index in [0.29, 0.717) is 33.8 Å². The third-order valence-corrected chi connectivity index (χ3v) is 5.35. The normalized spacial score (nSPS) is 10.6. The van der Waals surface area contributed by atoms with Gasteiger partial charge in [-0.15, -0.1) is 10.2 Å². The van der Waals surface area contributed by atoms with Gasteiger partial charge in [-0.05, 0) is 35.9 Å². The summed E-state index contributed by atoms with van der Waals surface area (Å²) in [7, 11) is 4.90. The molecule has 9 heteroatoms. The molecule has 0 bridgehead atoms. The van der Waals surface area contributed by atoms with Crippen LogP contribution < -0.4 is 14.8 Å². The van der Waals surface area contributed by atoms with Gasteiger partial charge >= 0.3 is 0 Å². The maximum Gasteiger partial charge on any atom is 0.251 e. The lowest BCUT2D eigenvalue weighted by molar-refractivity contribution is 0.0949. The number of carbonyl (C=O) groups excluding carboxylic acids is 1. The minimum Gasteiger partial charge on any atom is -0.493 e. The SMILES string of the molecule is COc1ccc(C(=O)NCc2nnc(SCc3ccc(F)cc3)n2C)cc1OC. The van der Waals surface area contributed by atoms with Gasteiger partial charge in [0.15, 0.2) is 22.5 Å². The van der Waals surface area contributed by atoms with Crippen LogP contribution in [0.15, 0.2) is 47.6 Å². The maximum atomic E-state index is 13.0. The van der Waals surface area contributed by atoms with Gasteiger partial charge in [0.25, 0.3) is 5.91 Å². The number of hydrogen-bond acceptors (Lipinski definition) is 6. The Kier molecular flexibility index (Phi) is 6.71. The highest BCUT2D eigenvalue weighted by Gasteiger charge is 2.13. The van der Waals surface area contributed by atoms with Crippen molar-refractivity contribution in [3.05, 3.63) is 65.2 Å². The van der Waals surface area contributed by atoms with Crippen molar-refractivity contribution in [1.29, 1.82) is 0 Å². The summed E-state index contributed by atoms with van der Waals surface area (Å²) >= 11 is 1.49. The standard InChI is InChI=1S/C20H21FN4O3S/c1-25-18(23-24-20(25)29-12-13-4-7-15(21)8-5-13)11-22-19(26)14-6-9-16(27-2)17(10-14)28-3/h4-10H,11-12H2,1-3H3,(H,22,26). The molecule has 29 heavy (non-hydrogen) atoms. The van der Waals surface area contributed by atoms with E-state index in [1.54, 1.807) is 30.3 Å². The number of thioether (sulfide) groups is 1. The van der Waals surface area contributed by atoms with E-state index in [0.717, 1.165) is 5.56 Å². The summed E-state index contributed by atoms with van der Waals surface area (Å²) < 4.78 is 25.2. The number of nitrogens with zero attached hydrogens (tertiary/aromatic N) is 3. The van der Waals surface area contributed by atoms with Gasteiger partial charge in [0, 0.05) is 18.4 Å². The lowest BCUT2D eigenvalue weighted by atomic mass is 10.2. The van der Waals surface area contributed by atoms with Gasteiger partial charge in [-0.2, -0.15) is 0 Å². The summed E-state index contributed by atoms with van der Waals surface area (Å²) in [6.07, 6.45) is 0. The van der Waals surface area contributed by atoms with Crippen molar-refractivity contribution in [2.45, 2.75) is 17.5 Å². The molecule has 152 valence electrons. The zero-order valence-corrected chi connectivity index (χ0v) is 17.1. The number of carbonyl (C=O) groups is 1. The molecule has 0 fully saturated rings. The lowest BCUT2D eigenvalue weighted by Gasteiger charge is -2.10. The van der Waals surface area contributed by atoms with Crippen molar-refractivity contribution in [2.75, 3.05) is 14.2 Å². The van der Waals surface area contributed by atoms with E-state index in [-0.39, 0.29) is 18.3 Å². The highest BCUT2D eigenvalue weighted by atomic mass is 32.2. The fourth-order valence-electron chi connectivity index (χ4n) is 2.59. The number of methoxy groups -OCH3 is 2. The Balaban J connectivity index is 1.59. The number of rotatable bonds is 8. The molecule has 0 unspecified atom stereocenters. The van der Waals surface area contributed by atoms with E-state index < -0.39 is 0 Å². The zero-order valence-electron chi connectivity index (χ0n) is 16.3. The quantitative estimate of drug-likeness (QED) is 0.568. The van der Waals surface area contributed by atoms with Gasteiger partial charge < -0.3 is 19.4 Å². The number of halogens is 1. The largest absolute Gasteiger partial charge is 0.493 e. The molecule has 0 aliphatic rings. The van der Waals surface area contributed by atoms with E-state index in [1.165, 1.54) is 38.1 Å². The first-order chi connectivity index (χ1) is 14.0. The molecule has 1 heterocycles. The first-order valence-corrected chi connectivity index (χ1v) is 9.76. The average Bonchev–Trinajstić information content (AvgIpc) is 3.10. The number of ether oxygens (including phenoxy) is 2. The maximum absolute atomic E-state index is 13.0. The Morgan fingerprint density at radius 3 is 2.52 bits per heavy atom. The van der Waals surface area contributed by atoms with Gasteiger partial charge in [0.05, 0.1) is 20.8 Å². The van der Waals surface area contributed by atoms with Crippen molar-refractivity contribution in [3.63, 3.8) is 0 Å². The van der Waals surface area contributed by atoms with Crippen LogP contribution in [-0.4, -0.2) is 34.9 Å². The van der Waals surface area contributed by atoms with Crippen LogP contribution in [0.25, 0.3) is 0 Å². The number of amides is 1. The Hall–Kier alpha value is -3.07. The van der Waals surface area contributed by atoms with E-state index >= 15 is 0 Å². The van der Waals surface area contributed by atoms with Gasteiger partial charge in [0.2, 0.25) is 0 Å². The van der Waals surface area contributed by atoms with Crippen LogP contribution >= 0.6 is 11.8 Å². The summed E-state index contributed by atoms with van der Waals surface area (Å²) in [5.74, 6) is 1.79. The predicted octanol–water partition coefficient (Wildman–Crippen LogP) is 3.19. The number of benzene rings is 2. The number of hydrogen-bond donors (Lipinski definition) is 1. The Labute approximate surface area is 172 Å². The number of nitrogens with one attached hydrogen (secondary N) is 1. The molecule has 0 spiro atoms. The highest BCUT2D eigenvalue weighted by molar-refractivity contribution is 7.98. The van der Waals surface area contributed by atoms with Crippen molar-refractivity contribution >= 4 is 17.7 Å².